The Morgan fingerprint density at radius 3 is 2.18 bits per heavy atom. The number of nitrogens with two attached hydrogens (primary N) is 1. The minimum atomic E-state index is 0.145. The molecule has 2 N–H and O–H groups in total. The standard InChI is InChI=1S/C13H25N3O/c1-15(2)11-5-3-4-6-12(11)16(10-7-8-10)13(17)9-14/h10-12H,3-9,14H2,1-2H3/t11-,12-/m0/s1. The molecule has 4 heteroatoms. The average molecular weight is 239 g/mol. The van der Waals surface area contributed by atoms with E-state index in [2.05, 4.69) is 23.9 Å². The summed E-state index contributed by atoms with van der Waals surface area (Å²) in [6.45, 7) is 0.160. The lowest BCUT2D eigenvalue weighted by Crippen LogP contribution is -2.55. The van der Waals surface area contributed by atoms with E-state index >= 15 is 0 Å². The SMILES string of the molecule is CN(C)[C@H]1CCCC[C@@H]1N(C(=O)CN)C1CC1. The number of amides is 1. The fourth-order valence-electron chi connectivity index (χ4n) is 3.14. The molecule has 0 radical (unpaired) electrons. The maximum atomic E-state index is 12.0. The van der Waals surface area contributed by atoms with Crippen LogP contribution in [0.15, 0.2) is 0 Å². The number of carbonyl (C=O) groups excluding carboxylic acids is 1. The molecule has 1 amide bonds. The van der Waals surface area contributed by atoms with Crippen molar-refractivity contribution in [3.05, 3.63) is 0 Å². The molecule has 2 atom stereocenters. The first-order valence-corrected chi connectivity index (χ1v) is 6.82. The molecule has 0 bridgehead atoms. The smallest absolute Gasteiger partial charge is 0.236 e. The Labute approximate surface area is 104 Å². The van der Waals surface area contributed by atoms with Crippen LogP contribution in [0.4, 0.5) is 0 Å². The van der Waals surface area contributed by atoms with Crippen molar-refractivity contribution >= 4 is 5.91 Å². The van der Waals surface area contributed by atoms with E-state index in [0.29, 0.717) is 18.1 Å². The van der Waals surface area contributed by atoms with Crippen LogP contribution in [-0.2, 0) is 4.79 Å². The predicted molar refractivity (Wildman–Crippen MR) is 68.7 cm³/mol. The zero-order chi connectivity index (χ0) is 12.4. The van der Waals surface area contributed by atoms with Gasteiger partial charge in [-0.1, -0.05) is 12.8 Å². The van der Waals surface area contributed by atoms with Crippen LogP contribution in [0, 0.1) is 0 Å². The van der Waals surface area contributed by atoms with Gasteiger partial charge in [0.15, 0.2) is 0 Å². The van der Waals surface area contributed by atoms with Crippen molar-refractivity contribution in [2.45, 2.75) is 56.7 Å². The van der Waals surface area contributed by atoms with Gasteiger partial charge in [0, 0.05) is 18.1 Å². The summed E-state index contributed by atoms with van der Waals surface area (Å²) in [7, 11) is 4.25. The Balaban J connectivity index is 2.11. The molecule has 2 saturated carbocycles. The maximum Gasteiger partial charge on any atom is 0.236 e. The molecule has 2 aliphatic carbocycles. The summed E-state index contributed by atoms with van der Waals surface area (Å²) < 4.78 is 0. The molecule has 2 aliphatic rings. The summed E-state index contributed by atoms with van der Waals surface area (Å²) in [5, 5.41) is 0. The third-order valence-electron chi connectivity index (χ3n) is 4.12. The van der Waals surface area contributed by atoms with Gasteiger partial charge < -0.3 is 15.5 Å². The van der Waals surface area contributed by atoms with Gasteiger partial charge in [0.2, 0.25) is 5.91 Å². The van der Waals surface area contributed by atoms with E-state index in [0.717, 1.165) is 6.42 Å². The molecule has 0 spiro atoms. The number of hydrogen-bond acceptors (Lipinski definition) is 3. The highest BCUT2D eigenvalue weighted by Gasteiger charge is 2.41. The van der Waals surface area contributed by atoms with Crippen molar-refractivity contribution in [2.24, 2.45) is 5.73 Å². The first-order chi connectivity index (χ1) is 8.15. The Hall–Kier alpha value is -0.610. The number of hydrogen-bond donors (Lipinski definition) is 1. The Kier molecular flexibility index (Phi) is 4.05. The lowest BCUT2D eigenvalue weighted by Gasteiger charge is -2.43. The molecule has 0 unspecified atom stereocenters. The summed E-state index contributed by atoms with van der Waals surface area (Å²) in [5.74, 6) is 0.145. The highest BCUT2D eigenvalue weighted by molar-refractivity contribution is 5.79. The molecule has 2 fully saturated rings. The van der Waals surface area contributed by atoms with Gasteiger partial charge in [-0.15, -0.1) is 0 Å². The van der Waals surface area contributed by atoms with Crippen LogP contribution in [0.25, 0.3) is 0 Å². The third kappa shape index (κ3) is 2.80. The molecule has 17 heavy (non-hydrogen) atoms. The fraction of sp³-hybridized carbons (Fsp3) is 0.923. The summed E-state index contributed by atoms with van der Waals surface area (Å²) >= 11 is 0. The molecular weight excluding hydrogens is 214 g/mol. The van der Waals surface area contributed by atoms with Gasteiger partial charge in [0.25, 0.3) is 0 Å². The van der Waals surface area contributed by atoms with Gasteiger partial charge in [-0.2, -0.15) is 0 Å². The molecule has 4 nitrogen and oxygen atoms in total. The molecule has 0 aliphatic heterocycles. The van der Waals surface area contributed by atoms with Crippen molar-refractivity contribution in [3.8, 4) is 0 Å². The monoisotopic (exact) mass is 239 g/mol. The van der Waals surface area contributed by atoms with Gasteiger partial charge in [-0.25, -0.2) is 0 Å². The van der Waals surface area contributed by atoms with Crippen molar-refractivity contribution in [2.75, 3.05) is 20.6 Å². The van der Waals surface area contributed by atoms with E-state index in [1.165, 1.54) is 32.1 Å². The van der Waals surface area contributed by atoms with E-state index in [-0.39, 0.29) is 12.5 Å². The minimum Gasteiger partial charge on any atom is -0.334 e. The summed E-state index contributed by atoms with van der Waals surface area (Å²) in [6.07, 6.45) is 7.22. The van der Waals surface area contributed by atoms with Gasteiger partial charge in [0.05, 0.1) is 6.54 Å². The van der Waals surface area contributed by atoms with E-state index in [9.17, 15) is 4.79 Å². The van der Waals surface area contributed by atoms with Crippen LogP contribution in [0.5, 0.6) is 0 Å². The number of carbonyl (C=O) groups is 1. The third-order valence-corrected chi connectivity index (χ3v) is 4.12. The van der Waals surface area contributed by atoms with Gasteiger partial charge in [-0.3, -0.25) is 4.79 Å². The van der Waals surface area contributed by atoms with Crippen molar-refractivity contribution in [1.29, 1.82) is 0 Å². The lowest BCUT2D eigenvalue weighted by atomic mass is 9.88. The number of nitrogens with zero attached hydrogens (tertiary/aromatic N) is 2. The highest BCUT2D eigenvalue weighted by atomic mass is 16.2. The van der Waals surface area contributed by atoms with E-state index in [1.54, 1.807) is 0 Å². The summed E-state index contributed by atoms with van der Waals surface area (Å²) in [5.41, 5.74) is 5.56. The Morgan fingerprint density at radius 2 is 1.71 bits per heavy atom. The lowest BCUT2D eigenvalue weighted by molar-refractivity contribution is -0.134. The maximum absolute atomic E-state index is 12.0. The number of likely N-dealkylation sites (N-methyl/N-ethyl adjacent to an activating group) is 1. The molecule has 98 valence electrons. The first-order valence-electron chi connectivity index (χ1n) is 6.82. The van der Waals surface area contributed by atoms with Crippen molar-refractivity contribution < 1.29 is 4.79 Å². The number of rotatable bonds is 4. The second kappa shape index (κ2) is 5.36. The zero-order valence-electron chi connectivity index (χ0n) is 11.1. The molecule has 0 aromatic heterocycles. The summed E-state index contributed by atoms with van der Waals surface area (Å²) in [4.78, 5) is 16.4. The van der Waals surface area contributed by atoms with Crippen LogP contribution in [0.2, 0.25) is 0 Å². The van der Waals surface area contributed by atoms with E-state index < -0.39 is 0 Å². The highest BCUT2D eigenvalue weighted by Crippen LogP contribution is 2.34. The van der Waals surface area contributed by atoms with Crippen molar-refractivity contribution in [3.63, 3.8) is 0 Å². The molecular formula is C13H25N3O. The second-order valence-electron chi connectivity index (χ2n) is 5.62. The van der Waals surface area contributed by atoms with E-state index in [4.69, 9.17) is 5.73 Å². The minimum absolute atomic E-state index is 0.145. The normalized spacial score (nSPS) is 29.4. The largest absolute Gasteiger partial charge is 0.334 e. The quantitative estimate of drug-likeness (QED) is 0.790. The van der Waals surface area contributed by atoms with Crippen LogP contribution in [0.1, 0.15) is 38.5 Å². The Morgan fingerprint density at radius 1 is 1.12 bits per heavy atom. The van der Waals surface area contributed by atoms with Crippen LogP contribution < -0.4 is 5.73 Å². The molecule has 0 heterocycles. The molecule has 2 rings (SSSR count). The van der Waals surface area contributed by atoms with E-state index in [1.807, 2.05) is 0 Å². The predicted octanol–water partition coefficient (Wildman–Crippen LogP) is 0.809. The van der Waals surface area contributed by atoms with Gasteiger partial charge in [-0.05, 0) is 39.8 Å². The second-order valence-corrected chi connectivity index (χ2v) is 5.62. The van der Waals surface area contributed by atoms with Crippen LogP contribution in [-0.4, -0.2) is 54.5 Å². The van der Waals surface area contributed by atoms with Gasteiger partial charge in [0.1, 0.15) is 0 Å². The first kappa shape index (κ1) is 12.8. The molecule has 0 aromatic carbocycles. The fourth-order valence-corrected chi connectivity index (χ4v) is 3.14. The zero-order valence-corrected chi connectivity index (χ0v) is 11.1. The molecule has 0 saturated heterocycles. The van der Waals surface area contributed by atoms with Gasteiger partial charge >= 0.3 is 0 Å². The van der Waals surface area contributed by atoms with Crippen LogP contribution >= 0.6 is 0 Å². The topological polar surface area (TPSA) is 49.6 Å². The molecule has 0 aromatic rings. The van der Waals surface area contributed by atoms with Crippen molar-refractivity contribution in [1.82, 2.24) is 9.80 Å². The summed E-state index contributed by atoms with van der Waals surface area (Å²) in [6, 6.07) is 1.39. The van der Waals surface area contributed by atoms with Crippen LogP contribution in [0.3, 0.4) is 0 Å². The Bertz CT molecular complexity index is 276. The average Bonchev–Trinajstić information content (AvgIpc) is 3.14.